The molecule has 1 aromatic rings. The largest absolute Gasteiger partial charge is 0.480 e. The van der Waals surface area contributed by atoms with Crippen molar-refractivity contribution in [2.75, 3.05) is 19.6 Å². The van der Waals surface area contributed by atoms with E-state index in [0.29, 0.717) is 75.2 Å². The van der Waals surface area contributed by atoms with Gasteiger partial charge in [-0.05, 0) is 56.6 Å². The normalized spacial score (nSPS) is 29.4. The first-order valence-corrected chi connectivity index (χ1v) is 16.6. The third-order valence-corrected chi connectivity index (χ3v) is 10.6. The second-order valence-electron chi connectivity index (χ2n) is 13.0. The molecule has 7 atom stereocenters. The van der Waals surface area contributed by atoms with Gasteiger partial charge in [0.1, 0.15) is 30.2 Å². The zero-order valence-corrected chi connectivity index (χ0v) is 26.6. The van der Waals surface area contributed by atoms with Gasteiger partial charge in [-0.2, -0.15) is 0 Å². The number of halogens is 1. The number of hydrogen-bond acceptors (Lipinski definition) is 6. The van der Waals surface area contributed by atoms with Gasteiger partial charge in [0.15, 0.2) is 0 Å². The molecular weight excluding hydrogens is 614 g/mol. The molecule has 0 bridgehead atoms. The molecule has 4 fully saturated rings. The van der Waals surface area contributed by atoms with Gasteiger partial charge in [-0.3, -0.25) is 24.0 Å². The van der Waals surface area contributed by atoms with E-state index in [1.165, 1.54) is 16.7 Å². The van der Waals surface area contributed by atoms with Crippen molar-refractivity contribution in [3.05, 3.63) is 47.0 Å². The summed E-state index contributed by atoms with van der Waals surface area (Å²) in [4.78, 5) is 86.1. The molecule has 246 valence electrons. The molecule has 0 aliphatic carbocycles. The molecule has 12 nitrogen and oxygen atoms in total. The number of nitrogens with zero attached hydrogens (tertiary/aromatic N) is 4. The van der Waals surface area contributed by atoms with E-state index in [2.05, 4.69) is 5.32 Å². The Morgan fingerprint density at radius 2 is 1.54 bits per heavy atom. The Hall–Kier alpha value is -3.93. The molecule has 5 aliphatic heterocycles. The fourth-order valence-electron chi connectivity index (χ4n) is 8.08. The van der Waals surface area contributed by atoms with Crippen LogP contribution in [0.5, 0.6) is 0 Å². The van der Waals surface area contributed by atoms with Crippen molar-refractivity contribution in [1.29, 1.82) is 0 Å². The number of nitrogens with one attached hydrogen (secondary N) is 1. The van der Waals surface area contributed by atoms with Crippen LogP contribution in [0.25, 0.3) is 0 Å². The minimum absolute atomic E-state index is 0.168. The molecule has 0 aromatic heterocycles. The fourth-order valence-corrected chi connectivity index (χ4v) is 8.29. The quantitative estimate of drug-likeness (QED) is 0.425. The summed E-state index contributed by atoms with van der Waals surface area (Å²) in [7, 11) is 0. The molecular formula is C33H40ClN5O7. The van der Waals surface area contributed by atoms with E-state index >= 15 is 0 Å². The van der Waals surface area contributed by atoms with Crippen LogP contribution < -0.4 is 5.32 Å². The number of carbonyl (C=O) groups is 6. The van der Waals surface area contributed by atoms with Crippen molar-refractivity contribution in [1.82, 2.24) is 24.9 Å². The second kappa shape index (κ2) is 13.1. The maximum absolute atomic E-state index is 14.2. The van der Waals surface area contributed by atoms with Crippen LogP contribution in [0, 0.1) is 5.92 Å². The SMILES string of the molecule is CC(=O)N[C@@H](Cc1ccccc1Cl)C(=O)N1CCC[C@H]1C(=O)N1CCC[C@H]1C(=O)N1CC[C@@H]2C=C[C@H]3CC[C@@H](C(=O)O)N3C(=O)[C@H]21. The smallest absolute Gasteiger partial charge is 0.326 e. The van der Waals surface area contributed by atoms with Crippen molar-refractivity contribution in [2.45, 2.75) is 94.5 Å². The number of likely N-dealkylation sites (tertiary alicyclic amines) is 3. The van der Waals surface area contributed by atoms with E-state index in [9.17, 15) is 33.9 Å². The lowest BCUT2D eigenvalue weighted by Crippen LogP contribution is -2.58. The van der Waals surface area contributed by atoms with Gasteiger partial charge in [0, 0.05) is 43.9 Å². The maximum atomic E-state index is 14.2. The number of rotatable bonds is 7. The van der Waals surface area contributed by atoms with E-state index in [-0.39, 0.29) is 47.9 Å². The Labute approximate surface area is 272 Å². The van der Waals surface area contributed by atoms with Crippen LogP contribution in [0.3, 0.4) is 0 Å². The molecule has 0 unspecified atom stereocenters. The van der Waals surface area contributed by atoms with Gasteiger partial charge in [-0.1, -0.05) is 42.0 Å². The van der Waals surface area contributed by atoms with E-state index in [0.717, 1.165) is 0 Å². The molecule has 0 radical (unpaired) electrons. The molecule has 1 aromatic carbocycles. The first-order chi connectivity index (χ1) is 22.1. The molecule has 46 heavy (non-hydrogen) atoms. The van der Waals surface area contributed by atoms with Crippen molar-refractivity contribution < 1.29 is 33.9 Å². The average Bonchev–Trinajstić information content (AvgIpc) is 3.84. The third-order valence-electron chi connectivity index (χ3n) is 10.2. The lowest BCUT2D eigenvalue weighted by molar-refractivity contribution is -0.155. The molecule has 5 amide bonds. The Kier molecular flexibility index (Phi) is 9.09. The zero-order chi connectivity index (χ0) is 32.7. The van der Waals surface area contributed by atoms with E-state index in [4.69, 9.17) is 11.6 Å². The average molecular weight is 654 g/mol. The van der Waals surface area contributed by atoms with Crippen molar-refractivity contribution in [3.63, 3.8) is 0 Å². The molecule has 4 saturated heterocycles. The highest BCUT2D eigenvalue weighted by Gasteiger charge is 2.52. The molecule has 13 heteroatoms. The summed E-state index contributed by atoms with van der Waals surface area (Å²) in [5.41, 5.74) is 0.699. The van der Waals surface area contributed by atoms with Crippen LogP contribution >= 0.6 is 11.6 Å². The van der Waals surface area contributed by atoms with Gasteiger partial charge in [-0.15, -0.1) is 0 Å². The number of hydrogen-bond donors (Lipinski definition) is 2. The number of aliphatic carboxylic acids is 1. The minimum Gasteiger partial charge on any atom is -0.480 e. The molecule has 2 N–H and O–H groups in total. The number of carbonyl (C=O) groups excluding carboxylic acids is 5. The zero-order valence-electron chi connectivity index (χ0n) is 25.8. The molecule has 6 rings (SSSR count). The van der Waals surface area contributed by atoms with Gasteiger partial charge in [-0.25, -0.2) is 4.79 Å². The van der Waals surface area contributed by atoms with Crippen LogP contribution in [-0.2, 0) is 35.2 Å². The first-order valence-electron chi connectivity index (χ1n) is 16.2. The van der Waals surface area contributed by atoms with Crippen molar-refractivity contribution in [2.24, 2.45) is 5.92 Å². The minimum atomic E-state index is -1.05. The van der Waals surface area contributed by atoms with Crippen LogP contribution in [0.15, 0.2) is 36.4 Å². The van der Waals surface area contributed by atoms with Gasteiger partial charge in [0.25, 0.3) is 0 Å². The molecule has 5 aliphatic rings. The Bertz CT molecular complexity index is 1470. The molecule has 5 heterocycles. The third kappa shape index (κ3) is 5.87. The summed E-state index contributed by atoms with van der Waals surface area (Å²) >= 11 is 6.35. The highest BCUT2D eigenvalue weighted by Crippen LogP contribution is 2.37. The van der Waals surface area contributed by atoms with Gasteiger partial charge in [0.05, 0.1) is 6.04 Å². The van der Waals surface area contributed by atoms with E-state index in [1.807, 2.05) is 12.2 Å². The van der Waals surface area contributed by atoms with E-state index < -0.39 is 36.2 Å². The van der Waals surface area contributed by atoms with E-state index in [1.54, 1.807) is 34.1 Å². The Morgan fingerprint density at radius 1 is 0.870 bits per heavy atom. The summed E-state index contributed by atoms with van der Waals surface area (Å²) in [5.74, 6) is -2.98. The van der Waals surface area contributed by atoms with Crippen molar-refractivity contribution in [3.8, 4) is 0 Å². The Morgan fingerprint density at radius 3 is 2.24 bits per heavy atom. The first kappa shape index (κ1) is 32.0. The van der Waals surface area contributed by atoms with Crippen LogP contribution in [0.4, 0.5) is 0 Å². The summed E-state index contributed by atoms with van der Waals surface area (Å²) in [6.07, 6.45) is 7.63. The van der Waals surface area contributed by atoms with Crippen molar-refractivity contribution >= 4 is 47.1 Å². The highest BCUT2D eigenvalue weighted by molar-refractivity contribution is 6.31. The van der Waals surface area contributed by atoms with Crippen LogP contribution in [-0.4, -0.2) is 116 Å². The summed E-state index contributed by atoms with van der Waals surface area (Å²) in [6.45, 7) is 2.38. The van der Waals surface area contributed by atoms with Gasteiger partial charge in [0.2, 0.25) is 29.5 Å². The summed E-state index contributed by atoms with van der Waals surface area (Å²) in [6, 6.07) is 2.60. The lowest BCUT2D eigenvalue weighted by atomic mass is 9.98. The Balaban J connectivity index is 1.19. The second-order valence-corrected chi connectivity index (χ2v) is 13.4. The predicted molar refractivity (Wildman–Crippen MR) is 166 cm³/mol. The monoisotopic (exact) mass is 653 g/mol. The number of carboxylic acids is 1. The number of fused-ring (bicyclic) bond motifs is 2. The molecule has 0 spiro atoms. The number of amides is 5. The summed E-state index contributed by atoms with van der Waals surface area (Å²) in [5, 5.41) is 13.0. The van der Waals surface area contributed by atoms with Gasteiger partial charge < -0.3 is 30.0 Å². The van der Waals surface area contributed by atoms with Crippen LogP contribution in [0.1, 0.15) is 57.4 Å². The van der Waals surface area contributed by atoms with Crippen LogP contribution in [0.2, 0.25) is 5.02 Å². The molecule has 0 saturated carbocycles. The lowest BCUT2D eigenvalue weighted by Gasteiger charge is -2.36. The number of carboxylic acid groups (broad SMARTS) is 1. The standard InChI is InChI=1S/C33H40ClN5O7/c1-19(40)35-24(18-21-6-2-3-7-23(21)34)29(41)36-15-4-8-25(36)30(42)37-16-5-9-26(37)31(43)38-17-14-20-10-11-22-12-13-27(33(45)46)39(22)32(44)28(20)38/h2-3,6-7,10-11,20,22,24-28H,4-5,8-9,12-18H2,1H3,(H,35,40)(H,45,46)/t20-,22-,24-,25-,26-,27-,28-/m0/s1. The fraction of sp³-hybridized carbons (Fsp3) is 0.576. The predicted octanol–water partition coefficient (Wildman–Crippen LogP) is 1.60. The maximum Gasteiger partial charge on any atom is 0.326 e. The highest BCUT2D eigenvalue weighted by atomic mass is 35.5. The number of benzene rings is 1. The summed E-state index contributed by atoms with van der Waals surface area (Å²) < 4.78 is 0. The van der Waals surface area contributed by atoms with Gasteiger partial charge >= 0.3 is 5.97 Å². The topological polar surface area (TPSA) is 148 Å².